The smallest absolute Gasteiger partial charge is 0.320 e. The number of fused-ring (bicyclic) bond motifs is 1. The molecule has 8 heteroatoms. The first-order valence-corrected chi connectivity index (χ1v) is 7.13. The molecule has 1 heterocycles. The van der Waals surface area contributed by atoms with Crippen LogP contribution in [-0.2, 0) is 19.6 Å². The fraction of sp³-hybridized carbons (Fsp3) is 0.167. The number of pyridine rings is 1. The summed E-state index contributed by atoms with van der Waals surface area (Å²) in [7, 11) is -2.70. The van der Waals surface area contributed by atoms with Gasteiger partial charge in [0.2, 0.25) is 10.0 Å². The SMILES string of the molecule is COC(=O)CNS(=O)(=O)c1ccc(N)c2cccnc12. The molecule has 0 aliphatic heterocycles. The number of anilines is 1. The number of rotatable bonds is 4. The van der Waals surface area contributed by atoms with Crippen LogP contribution >= 0.6 is 0 Å². The summed E-state index contributed by atoms with van der Waals surface area (Å²) in [5, 5.41) is 0.536. The minimum absolute atomic E-state index is 0.0359. The van der Waals surface area contributed by atoms with Crippen LogP contribution in [0.2, 0.25) is 0 Å². The van der Waals surface area contributed by atoms with E-state index in [0.717, 1.165) is 0 Å². The number of methoxy groups -OCH3 is 1. The molecule has 0 bridgehead atoms. The molecule has 0 saturated heterocycles. The number of esters is 1. The number of aromatic nitrogens is 1. The summed E-state index contributed by atoms with van der Waals surface area (Å²) in [5.41, 5.74) is 6.47. The predicted octanol–water partition coefficient (Wildman–Crippen LogP) is 0.268. The Bertz CT molecular complexity index is 758. The molecule has 1 aromatic heterocycles. The van der Waals surface area contributed by atoms with Gasteiger partial charge in [-0.3, -0.25) is 9.78 Å². The highest BCUT2D eigenvalue weighted by atomic mass is 32.2. The number of carbonyl (C=O) groups is 1. The summed E-state index contributed by atoms with van der Waals surface area (Å²) in [5.74, 6) is -0.679. The van der Waals surface area contributed by atoms with Crippen molar-refractivity contribution < 1.29 is 17.9 Å². The van der Waals surface area contributed by atoms with E-state index < -0.39 is 22.5 Å². The molecule has 0 amide bonds. The first kappa shape index (κ1) is 14.2. The lowest BCUT2D eigenvalue weighted by Crippen LogP contribution is -2.30. The largest absolute Gasteiger partial charge is 0.468 e. The Balaban J connectivity index is 2.47. The number of ether oxygens (including phenoxy) is 1. The fourth-order valence-corrected chi connectivity index (χ4v) is 2.82. The van der Waals surface area contributed by atoms with Crippen LogP contribution in [0.25, 0.3) is 10.9 Å². The van der Waals surface area contributed by atoms with Crippen LogP contribution in [-0.4, -0.2) is 33.0 Å². The molecule has 0 aliphatic carbocycles. The van der Waals surface area contributed by atoms with E-state index in [-0.39, 0.29) is 10.4 Å². The number of benzene rings is 1. The Kier molecular flexibility index (Phi) is 3.86. The zero-order valence-electron chi connectivity index (χ0n) is 10.7. The average molecular weight is 295 g/mol. The number of nitrogens with zero attached hydrogens (tertiary/aromatic N) is 1. The third kappa shape index (κ3) is 2.70. The zero-order valence-corrected chi connectivity index (χ0v) is 11.5. The van der Waals surface area contributed by atoms with Gasteiger partial charge in [0.1, 0.15) is 11.4 Å². The number of nitrogens with one attached hydrogen (secondary N) is 1. The van der Waals surface area contributed by atoms with Crippen molar-refractivity contribution >= 4 is 32.6 Å². The Hall–Kier alpha value is -2.19. The molecule has 0 aliphatic rings. The van der Waals surface area contributed by atoms with E-state index in [4.69, 9.17) is 5.73 Å². The van der Waals surface area contributed by atoms with E-state index in [2.05, 4.69) is 14.4 Å². The molecule has 0 fully saturated rings. The molecule has 3 N–H and O–H groups in total. The first-order chi connectivity index (χ1) is 9.45. The minimum atomic E-state index is -3.88. The van der Waals surface area contributed by atoms with Crippen LogP contribution in [0.5, 0.6) is 0 Å². The molecule has 1 aromatic carbocycles. The van der Waals surface area contributed by atoms with E-state index in [1.54, 1.807) is 12.1 Å². The van der Waals surface area contributed by atoms with Crippen molar-refractivity contribution in [2.24, 2.45) is 0 Å². The van der Waals surface area contributed by atoms with Gasteiger partial charge in [0, 0.05) is 17.3 Å². The molecule has 0 saturated carbocycles. The lowest BCUT2D eigenvalue weighted by Gasteiger charge is -2.09. The minimum Gasteiger partial charge on any atom is -0.468 e. The molecule has 7 nitrogen and oxygen atoms in total. The Labute approximate surface area is 115 Å². The number of hydrogen-bond acceptors (Lipinski definition) is 6. The van der Waals surface area contributed by atoms with Crippen molar-refractivity contribution in [1.82, 2.24) is 9.71 Å². The van der Waals surface area contributed by atoms with Crippen molar-refractivity contribution in [3.8, 4) is 0 Å². The Morgan fingerprint density at radius 2 is 2.15 bits per heavy atom. The van der Waals surface area contributed by atoms with E-state index >= 15 is 0 Å². The standard InChI is InChI=1S/C12H13N3O4S/c1-19-11(16)7-15-20(17,18)10-5-4-9(13)8-3-2-6-14-12(8)10/h2-6,15H,7,13H2,1H3. The summed E-state index contributed by atoms with van der Waals surface area (Å²) < 4.78 is 30.9. The molecular weight excluding hydrogens is 282 g/mol. The second kappa shape index (κ2) is 5.43. The second-order valence-electron chi connectivity index (χ2n) is 3.95. The summed E-state index contributed by atoms with van der Waals surface area (Å²) in [4.78, 5) is 15.0. The molecule has 0 atom stereocenters. The van der Waals surface area contributed by atoms with E-state index in [1.165, 1.54) is 25.4 Å². The van der Waals surface area contributed by atoms with Crippen molar-refractivity contribution in [2.45, 2.75) is 4.90 Å². The highest BCUT2D eigenvalue weighted by Gasteiger charge is 2.20. The van der Waals surface area contributed by atoms with E-state index in [0.29, 0.717) is 11.1 Å². The van der Waals surface area contributed by atoms with Gasteiger partial charge < -0.3 is 10.5 Å². The van der Waals surface area contributed by atoms with Crippen LogP contribution in [0.4, 0.5) is 5.69 Å². The van der Waals surface area contributed by atoms with Gasteiger partial charge in [0.25, 0.3) is 0 Å². The molecule has 20 heavy (non-hydrogen) atoms. The van der Waals surface area contributed by atoms with Gasteiger partial charge >= 0.3 is 5.97 Å². The molecule has 0 radical (unpaired) electrons. The van der Waals surface area contributed by atoms with Gasteiger partial charge in [-0.05, 0) is 24.3 Å². The van der Waals surface area contributed by atoms with Gasteiger partial charge in [-0.2, -0.15) is 4.72 Å². The quantitative estimate of drug-likeness (QED) is 0.618. The van der Waals surface area contributed by atoms with Crippen LogP contribution in [0.1, 0.15) is 0 Å². The van der Waals surface area contributed by atoms with Gasteiger partial charge in [-0.1, -0.05) is 0 Å². The number of nitrogens with two attached hydrogens (primary N) is 1. The number of carbonyl (C=O) groups excluding carboxylic acids is 1. The maximum Gasteiger partial charge on any atom is 0.320 e. The van der Waals surface area contributed by atoms with Gasteiger partial charge in [-0.15, -0.1) is 0 Å². The lowest BCUT2D eigenvalue weighted by molar-refractivity contribution is -0.139. The van der Waals surface area contributed by atoms with Crippen molar-refractivity contribution in [3.63, 3.8) is 0 Å². The summed E-state index contributed by atoms with van der Waals surface area (Å²) in [6.45, 7) is -0.447. The Morgan fingerprint density at radius 1 is 1.40 bits per heavy atom. The third-order valence-corrected chi connectivity index (χ3v) is 4.12. The van der Waals surface area contributed by atoms with Crippen molar-refractivity contribution in [1.29, 1.82) is 0 Å². The normalized spacial score (nSPS) is 11.4. The highest BCUT2D eigenvalue weighted by molar-refractivity contribution is 7.89. The second-order valence-corrected chi connectivity index (χ2v) is 5.69. The van der Waals surface area contributed by atoms with Crippen LogP contribution in [0, 0.1) is 0 Å². The number of sulfonamides is 1. The third-order valence-electron chi connectivity index (χ3n) is 2.69. The van der Waals surface area contributed by atoms with Gasteiger partial charge in [0.05, 0.1) is 12.6 Å². The molecule has 0 spiro atoms. The molecule has 106 valence electrons. The van der Waals surface area contributed by atoms with Gasteiger partial charge in [0.15, 0.2) is 0 Å². The summed E-state index contributed by atoms with van der Waals surface area (Å²) in [6.07, 6.45) is 1.47. The molecular formula is C12H13N3O4S. The van der Waals surface area contributed by atoms with Crippen LogP contribution < -0.4 is 10.5 Å². The van der Waals surface area contributed by atoms with Gasteiger partial charge in [-0.25, -0.2) is 8.42 Å². The first-order valence-electron chi connectivity index (χ1n) is 5.65. The molecule has 0 unspecified atom stereocenters. The van der Waals surface area contributed by atoms with Crippen LogP contribution in [0.3, 0.4) is 0 Å². The Morgan fingerprint density at radius 3 is 2.85 bits per heavy atom. The summed E-state index contributed by atoms with van der Waals surface area (Å²) >= 11 is 0. The van der Waals surface area contributed by atoms with E-state index in [9.17, 15) is 13.2 Å². The number of hydrogen-bond donors (Lipinski definition) is 2. The van der Waals surface area contributed by atoms with Crippen molar-refractivity contribution in [3.05, 3.63) is 30.5 Å². The lowest BCUT2D eigenvalue weighted by atomic mass is 10.2. The summed E-state index contributed by atoms with van der Waals surface area (Å²) in [6, 6.07) is 6.18. The fourth-order valence-electron chi connectivity index (χ4n) is 1.69. The predicted molar refractivity (Wildman–Crippen MR) is 73.4 cm³/mol. The number of nitrogen functional groups attached to an aromatic ring is 1. The highest BCUT2D eigenvalue weighted by Crippen LogP contribution is 2.25. The van der Waals surface area contributed by atoms with E-state index in [1.807, 2.05) is 0 Å². The zero-order chi connectivity index (χ0) is 14.8. The molecule has 2 rings (SSSR count). The maximum absolute atomic E-state index is 12.2. The topological polar surface area (TPSA) is 111 Å². The monoisotopic (exact) mass is 295 g/mol. The van der Waals surface area contributed by atoms with Crippen LogP contribution in [0.15, 0.2) is 35.4 Å². The maximum atomic E-state index is 12.2. The average Bonchev–Trinajstić information content (AvgIpc) is 2.45. The van der Waals surface area contributed by atoms with Crippen molar-refractivity contribution in [2.75, 3.05) is 19.4 Å². The molecule has 2 aromatic rings.